The number of hydrogen-bond donors (Lipinski definition) is 1. The molecule has 106 valence electrons. The molecule has 1 N–H and O–H groups in total. The van der Waals surface area contributed by atoms with Crippen LogP contribution in [-0.2, 0) is 0 Å². The van der Waals surface area contributed by atoms with E-state index in [1.54, 1.807) is 0 Å². The van der Waals surface area contributed by atoms with Crippen LogP contribution < -0.4 is 10.1 Å². The Labute approximate surface area is 116 Å². The van der Waals surface area contributed by atoms with Gasteiger partial charge in [0, 0.05) is 18.3 Å². The van der Waals surface area contributed by atoms with Crippen LogP contribution in [-0.4, -0.2) is 23.1 Å². The Bertz CT molecular complexity index is 389. The summed E-state index contributed by atoms with van der Waals surface area (Å²) < 4.78 is 5.57. The third-order valence-electron chi connectivity index (χ3n) is 3.60. The number of anilines is 1. The summed E-state index contributed by atoms with van der Waals surface area (Å²) >= 11 is 0. The molecule has 0 aliphatic heterocycles. The number of aryl methyl sites for hydroxylation is 1. The molecule has 4 nitrogen and oxygen atoms in total. The first kappa shape index (κ1) is 14.1. The van der Waals surface area contributed by atoms with Crippen LogP contribution in [0.15, 0.2) is 6.07 Å². The Balaban J connectivity index is 1.82. The fourth-order valence-corrected chi connectivity index (χ4v) is 2.59. The lowest BCUT2D eigenvalue weighted by Gasteiger charge is -2.11. The number of hydrogen-bond acceptors (Lipinski definition) is 4. The molecule has 0 atom stereocenters. The molecule has 1 aromatic rings. The summed E-state index contributed by atoms with van der Waals surface area (Å²) in [5.41, 5.74) is 0.949. The fourth-order valence-electron chi connectivity index (χ4n) is 2.59. The molecule has 0 amide bonds. The quantitative estimate of drug-likeness (QED) is 0.817. The summed E-state index contributed by atoms with van der Waals surface area (Å²) in [6.07, 6.45) is 7.81. The van der Waals surface area contributed by atoms with E-state index >= 15 is 0 Å². The first-order valence-electron chi connectivity index (χ1n) is 7.50. The highest BCUT2D eigenvalue weighted by atomic mass is 16.5. The van der Waals surface area contributed by atoms with Crippen LogP contribution in [0.5, 0.6) is 5.88 Å². The fraction of sp³-hybridized carbons (Fsp3) is 0.733. The predicted molar refractivity (Wildman–Crippen MR) is 77.6 cm³/mol. The molecule has 19 heavy (non-hydrogen) atoms. The van der Waals surface area contributed by atoms with Crippen molar-refractivity contribution in [2.45, 2.75) is 52.4 Å². The van der Waals surface area contributed by atoms with Gasteiger partial charge in [0.05, 0.1) is 6.61 Å². The van der Waals surface area contributed by atoms with Gasteiger partial charge in [0.2, 0.25) is 11.8 Å². The maximum absolute atomic E-state index is 5.57. The molecule has 0 aromatic carbocycles. The van der Waals surface area contributed by atoms with Gasteiger partial charge in [0.25, 0.3) is 0 Å². The van der Waals surface area contributed by atoms with Gasteiger partial charge in [-0.3, -0.25) is 0 Å². The van der Waals surface area contributed by atoms with Crippen LogP contribution in [0.25, 0.3) is 0 Å². The molecule has 1 aliphatic rings. The van der Waals surface area contributed by atoms with Gasteiger partial charge in [-0.2, -0.15) is 4.98 Å². The molecule has 1 heterocycles. The van der Waals surface area contributed by atoms with E-state index in [-0.39, 0.29) is 0 Å². The van der Waals surface area contributed by atoms with E-state index in [1.165, 1.54) is 32.1 Å². The molecular weight excluding hydrogens is 238 g/mol. The maximum atomic E-state index is 5.57. The predicted octanol–water partition coefficient (Wildman–Crippen LogP) is 3.57. The molecular formula is C15H25N3O. The number of rotatable bonds is 7. The van der Waals surface area contributed by atoms with E-state index in [4.69, 9.17) is 4.74 Å². The molecule has 1 aromatic heterocycles. The Hall–Kier alpha value is -1.32. The molecule has 1 aliphatic carbocycles. The van der Waals surface area contributed by atoms with E-state index in [1.807, 2.05) is 13.0 Å². The van der Waals surface area contributed by atoms with E-state index < -0.39 is 0 Å². The summed E-state index contributed by atoms with van der Waals surface area (Å²) in [6, 6.07) is 1.89. The molecule has 0 unspecified atom stereocenters. The lowest BCUT2D eigenvalue weighted by molar-refractivity contribution is 0.305. The second-order valence-electron chi connectivity index (χ2n) is 5.39. The molecule has 2 rings (SSSR count). The smallest absolute Gasteiger partial charge is 0.226 e. The minimum atomic E-state index is 0.678. The summed E-state index contributed by atoms with van der Waals surface area (Å²) in [5.74, 6) is 2.27. The van der Waals surface area contributed by atoms with Crippen molar-refractivity contribution in [2.24, 2.45) is 5.92 Å². The van der Waals surface area contributed by atoms with Crippen LogP contribution >= 0.6 is 0 Å². The monoisotopic (exact) mass is 263 g/mol. The number of ether oxygens (including phenoxy) is 1. The topological polar surface area (TPSA) is 47.0 Å². The third kappa shape index (κ3) is 4.69. The normalized spacial score (nSPS) is 15.7. The Morgan fingerprint density at radius 2 is 2.11 bits per heavy atom. The summed E-state index contributed by atoms with van der Waals surface area (Å²) in [6.45, 7) is 5.73. The van der Waals surface area contributed by atoms with Crippen molar-refractivity contribution < 1.29 is 4.74 Å². The van der Waals surface area contributed by atoms with E-state index in [9.17, 15) is 0 Å². The van der Waals surface area contributed by atoms with Crippen LogP contribution in [0.3, 0.4) is 0 Å². The van der Waals surface area contributed by atoms with Crippen LogP contribution in [0.2, 0.25) is 0 Å². The van der Waals surface area contributed by atoms with E-state index in [0.717, 1.165) is 24.6 Å². The van der Waals surface area contributed by atoms with Crippen molar-refractivity contribution in [1.82, 2.24) is 9.97 Å². The zero-order chi connectivity index (χ0) is 13.5. The first-order valence-corrected chi connectivity index (χ1v) is 7.50. The van der Waals surface area contributed by atoms with Crippen LogP contribution in [0.4, 0.5) is 5.95 Å². The van der Waals surface area contributed by atoms with Gasteiger partial charge in [-0.05, 0) is 25.7 Å². The Kier molecular flexibility index (Phi) is 5.43. The lowest BCUT2D eigenvalue weighted by Crippen LogP contribution is -2.10. The maximum Gasteiger partial charge on any atom is 0.226 e. The Morgan fingerprint density at radius 3 is 2.84 bits per heavy atom. The van der Waals surface area contributed by atoms with Crippen molar-refractivity contribution in [2.75, 3.05) is 18.5 Å². The van der Waals surface area contributed by atoms with Crippen molar-refractivity contribution in [3.05, 3.63) is 11.8 Å². The van der Waals surface area contributed by atoms with Gasteiger partial charge >= 0.3 is 0 Å². The standard InChI is InChI=1S/C15H25N3O/c1-3-10-19-14-11-12(2)17-15(18-14)16-9-8-13-6-4-5-7-13/h11,13H,3-10H2,1-2H3,(H,16,17,18). The zero-order valence-electron chi connectivity index (χ0n) is 12.1. The molecule has 0 bridgehead atoms. The van der Waals surface area contributed by atoms with E-state index in [2.05, 4.69) is 22.2 Å². The minimum Gasteiger partial charge on any atom is -0.478 e. The van der Waals surface area contributed by atoms with Gasteiger partial charge in [-0.1, -0.05) is 32.6 Å². The third-order valence-corrected chi connectivity index (χ3v) is 3.60. The lowest BCUT2D eigenvalue weighted by atomic mass is 10.0. The zero-order valence-corrected chi connectivity index (χ0v) is 12.1. The van der Waals surface area contributed by atoms with Crippen molar-refractivity contribution in [3.8, 4) is 5.88 Å². The highest BCUT2D eigenvalue weighted by Crippen LogP contribution is 2.27. The summed E-state index contributed by atoms with van der Waals surface area (Å²) in [4.78, 5) is 8.79. The molecule has 0 spiro atoms. The second-order valence-corrected chi connectivity index (χ2v) is 5.39. The van der Waals surface area contributed by atoms with Crippen molar-refractivity contribution in [1.29, 1.82) is 0 Å². The Morgan fingerprint density at radius 1 is 1.32 bits per heavy atom. The average Bonchev–Trinajstić information content (AvgIpc) is 2.89. The molecule has 0 radical (unpaired) electrons. The van der Waals surface area contributed by atoms with E-state index in [0.29, 0.717) is 18.4 Å². The van der Waals surface area contributed by atoms with Gasteiger partial charge < -0.3 is 10.1 Å². The van der Waals surface area contributed by atoms with Gasteiger partial charge in [-0.15, -0.1) is 0 Å². The van der Waals surface area contributed by atoms with Crippen molar-refractivity contribution >= 4 is 5.95 Å². The summed E-state index contributed by atoms with van der Waals surface area (Å²) in [7, 11) is 0. The molecule has 4 heteroatoms. The van der Waals surface area contributed by atoms with Crippen LogP contribution in [0.1, 0.15) is 51.1 Å². The van der Waals surface area contributed by atoms with Gasteiger partial charge in [0.1, 0.15) is 0 Å². The minimum absolute atomic E-state index is 0.678. The second kappa shape index (κ2) is 7.31. The SMILES string of the molecule is CCCOc1cc(C)nc(NCCC2CCCC2)n1. The van der Waals surface area contributed by atoms with Gasteiger partial charge in [0.15, 0.2) is 0 Å². The highest BCUT2D eigenvalue weighted by Gasteiger charge is 2.14. The molecule has 1 fully saturated rings. The van der Waals surface area contributed by atoms with Crippen LogP contribution in [0, 0.1) is 12.8 Å². The highest BCUT2D eigenvalue weighted by molar-refractivity contribution is 5.30. The molecule has 0 saturated heterocycles. The number of aromatic nitrogens is 2. The first-order chi connectivity index (χ1) is 9.28. The van der Waals surface area contributed by atoms with Gasteiger partial charge in [-0.25, -0.2) is 4.98 Å². The number of nitrogens with zero attached hydrogens (tertiary/aromatic N) is 2. The summed E-state index contributed by atoms with van der Waals surface area (Å²) in [5, 5.41) is 3.33. The number of nitrogens with one attached hydrogen (secondary N) is 1. The molecule has 1 saturated carbocycles. The average molecular weight is 263 g/mol. The van der Waals surface area contributed by atoms with Crippen molar-refractivity contribution in [3.63, 3.8) is 0 Å². The largest absolute Gasteiger partial charge is 0.478 e.